The van der Waals surface area contributed by atoms with E-state index in [1.54, 1.807) is 17.8 Å². The molecule has 2 aromatic heterocycles. The van der Waals surface area contributed by atoms with Gasteiger partial charge in [0.1, 0.15) is 0 Å². The number of hydrogen-bond donors (Lipinski definition) is 0. The van der Waals surface area contributed by atoms with E-state index >= 15 is 0 Å². The Morgan fingerprint density at radius 2 is 2.00 bits per heavy atom. The van der Waals surface area contributed by atoms with Gasteiger partial charge in [0.15, 0.2) is 5.65 Å². The first kappa shape index (κ1) is 18.0. The molecular weight excluding hydrogens is 387 g/mol. The molecule has 1 aliphatic rings. The normalized spacial score (nSPS) is 18.3. The predicted molar refractivity (Wildman–Crippen MR) is 109 cm³/mol. The van der Waals surface area contributed by atoms with Crippen LogP contribution in [0.25, 0.3) is 5.65 Å². The number of halogens is 2. The molecule has 1 aliphatic heterocycles. The van der Waals surface area contributed by atoms with Crippen molar-refractivity contribution in [3.63, 3.8) is 0 Å². The van der Waals surface area contributed by atoms with Crippen LogP contribution in [0.3, 0.4) is 0 Å². The summed E-state index contributed by atoms with van der Waals surface area (Å²) in [4.78, 5) is 13.6. The molecule has 7 heteroatoms. The number of hydrogen-bond acceptors (Lipinski definition) is 4. The molecule has 0 unspecified atom stereocenters. The number of rotatable bonds is 3. The van der Waals surface area contributed by atoms with Gasteiger partial charge in [-0.2, -0.15) is 0 Å². The highest BCUT2D eigenvalue weighted by molar-refractivity contribution is 7.99. The molecule has 0 bridgehead atoms. The van der Waals surface area contributed by atoms with Gasteiger partial charge >= 0.3 is 0 Å². The van der Waals surface area contributed by atoms with Gasteiger partial charge in [-0.1, -0.05) is 48.0 Å². The molecule has 4 rings (SSSR count). The number of nitrogens with zero attached hydrogens (tertiary/aromatic N) is 4. The lowest BCUT2D eigenvalue weighted by Gasteiger charge is -2.22. The van der Waals surface area contributed by atoms with Crippen LogP contribution >= 0.6 is 35.0 Å². The van der Waals surface area contributed by atoms with Crippen LogP contribution in [-0.4, -0.2) is 27.5 Å². The van der Waals surface area contributed by atoms with Crippen molar-refractivity contribution in [1.29, 1.82) is 0 Å². The summed E-state index contributed by atoms with van der Waals surface area (Å²) in [7, 11) is 0. The van der Waals surface area contributed by atoms with E-state index in [4.69, 9.17) is 28.2 Å². The minimum absolute atomic E-state index is 0.555. The van der Waals surface area contributed by atoms with Crippen molar-refractivity contribution in [2.75, 3.05) is 18.0 Å². The average Bonchev–Trinajstić information content (AvgIpc) is 3.03. The Labute approximate surface area is 167 Å². The lowest BCUT2D eigenvalue weighted by atomic mass is 10.0. The number of benzene rings is 1. The second kappa shape index (κ2) is 7.67. The fourth-order valence-corrected chi connectivity index (χ4v) is 4.74. The Balaban J connectivity index is 1.69. The molecule has 1 atom stereocenters. The number of imidazole rings is 1. The molecule has 1 fully saturated rings. The monoisotopic (exact) mass is 406 g/mol. The minimum atomic E-state index is 0.555. The average molecular weight is 407 g/mol. The molecule has 0 amide bonds. The fourth-order valence-electron chi connectivity index (χ4n) is 3.33. The van der Waals surface area contributed by atoms with E-state index in [1.165, 1.54) is 19.3 Å². The summed E-state index contributed by atoms with van der Waals surface area (Å²) in [6, 6.07) is 5.66. The Bertz CT molecular complexity index is 927. The van der Waals surface area contributed by atoms with Gasteiger partial charge in [-0.25, -0.2) is 9.97 Å². The van der Waals surface area contributed by atoms with Gasteiger partial charge in [0.05, 0.1) is 14.9 Å². The quantitative estimate of drug-likeness (QED) is 0.548. The van der Waals surface area contributed by atoms with Gasteiger partial charge in [0.25, 0.3) is 0 Å². The zero-order valence-corrected chi connectivity index (χ0v) is 16.9. The van der Waals surface area contributed by atoms with Crippen LogP contribution in [0.4, 0.5) is 5.95 Å². The van der Waals surface area contributed by atoms with Gasteiger partial charge in [0.2, 0.25) is 5.95 Å². The first-order chi connectivity index (χ1) is 12.6. The molecule has 1 aromatic carbocycles. The lowest BCUT2D eigenvalue weighted by Crippen LogP contribution is -2.27. The lowest BCUT2D eigenvalue weighted by molar-refractivity contribution is 0.520. The SMILES string of the molecule is C[C@@H]1CCCN(c2ncc(Sc3cccc(Cl)c3Cl)c3nccn23)CC1. The van der Waals surface area contributed by atoms with E-state index in [1.807, 2.05) is 30.7 Å². The molecule has 1 saturated heterocycles. The molecular formula is C19H20Cl2N4S. The van der Waals surface area contributed by atoms with Crippen molar-refractivity contribution in [3.05, 3.63) is 46.8 Å². The summed E-state index contributed by atoms with van der Waals surface area (Å²) >= 11 is 14.0. The molecule has 3 heterocycles. The topological polar surface area (TPSA) is 33.4 Å². The molecule has 0 N–H and O–H groups in total. The summed E-state index contributed by atoms with van der Waals surface area (Å²) in [5, 5.41) is 1.12. The standard InChI is InChI=1S/C19H20Cl2N4S/c1-13-4-3-9-24(10-7-13)19-23-12-16(18-22-8-11-25(18)19)26-15-6-2-5-14(20)17(15)21/h2,5-6,8,11-13H,3-4,7,9-10H2,1H3/t13-/m1/s1. The first-order valence-corrected chi connectivity index (χ1v) is 10.4. The van der Waals surface area contributed by atoms with E-state index in [2.05, 4.69) is 21.2 Å². The van der Waals surface area contributed by atoms with Crippen molar-refractivity contribution in [3.8, 4) is 0 Å². The van der Waals surface area contributed by atoms with Crippen molar-refractivity contribution < 1.29 is 0 Å². The zero-order valence-electron chi connectivity index (χ0n) is 14.5. The van der Waals surface area contributed by atoms with Crippen LogP contribution in [0, 0.1) is 5.92 Å². The molecule has 26 heavy (non-hydrogen) atoms. The van der Waals surface area contributed by atoms with E-state index in [0.717, 1.165) is 40.4 Å². The Hall–Kier alpha value is -1.43. The van der Waals surface area contributed by atoms with Gasteiger partial charge in [-0.3, -0.25) is 4.40 Å². The fraction of sp³-hybridized carbons (Fsp3) is 0.368. The molecule has 0 saturated carbocycles. The maximum atomic E-state index is 6.34. The summed E-state index contributed by atoms with van der Waals surface area (Å²) < 4.78 is 2.08. The zero-order chi connectivity index (χ0) is 18.1. The number of anilines is 1. The van der Waals surface area contributed by atoms with E-state index in [0.29, 0.717) is 10.0 Å². The Morgan fingerprint density at radius 1 is 1.12 bits per heavy atom. The van der Waals surface area contributed by atoms with Gasteiger partial charge in [-0.15, -0.1) is 0 Å². The Kier molecular flexibility index (Phi) is 5.30. The van der Waals surface area contributed by atoms with Crippen LogP contribution in [0.15, 0.2) is 46.6 Å². The van der Waals surface area contributed by atoms with Gasteiger partial charge < -0.3 is 4.90 Å². The van der Waals surface area contributed by atoms with Crippen LogP contribution < -0.4 is 4.90 Å². The molecule has 4 nitrogen and oxygen atoms in total. The molecule has 0 radical (unpaired) electrons. The summed E-state index contributed by atoms with van der Waals surface area (Å²) in [5.74, 6) is 1.74. The third-order valence-corrected chi connectivity index (χ3v) is 6.81. The molecule has 3 aromatic rings. The van der Waals surface area contributed by atoms with E-state index in [9.17, 15) is 0 Å². The van der Waals surface area contributed by atoms with Crippen LogP contribution in [0.5, 0.6) is 0 Å². The molecule has 0 spiro atoms. The van der Waals surface area contributed by atoms with Crippen molar-refractivity contribution >= 4 is 46.6 Å². The summed E-state index contributed by atoms with van der Waals surface area (Å²) in [6.45, 7) is 4.41. The van der Waals surface area contributed by atoms with Crippen molar-refractivity contribution in [2.45, 2.75) is 36.0 Å². The largest absolute Gasteiger partial charge is 0.342 e. The van der Waals surface area contributed by atoms with Crippen LogP contribution in [0.2, 0.25) is 10.0 Å². The predicted octanol–water partition coefficient (Wildman–Crippen LogP) is 5.81. The first-order valence-electron chi connectivity index (χ1n) is 8.82. The highest BCUT2D eigenvalue weighted by Crippen LogP contribution is 2.38. The summed E-state index contributed by atoms with van der Waals surface area (Å²) in [6.07, 6.45) is 9.39. The maximum Gasteiger partial charge on any atom is 0.211 e. The summed E-state index contributed by atoms with van der Waals surface area (Å²) in [5.41, 5.74) is 0.897. The number of fused-ring (bicyclic) bond motifs is 1. The minimum Gasteiger partial charge on any atom is -0.342 e. The van der Waals surface area contributed by atoms with E-state index in [-0.39, 0.29) is 0 Å². The highest BCUT2D eigenvalue weighted by atomic mass is 35.5. The van der Waals surface area contributed by atoms with Gasteiger partial charge in [0, 0.05) is 36.6 Å². The van der Waals surface area contributed by atoms with Crippen molar-refractivity contribution in [2.24, 2.45) is 5.92 Å². The smallest absolute Gasteiger partial charge is 0.211 e. The second-order valence-corrected chi connectivity index (χ2v) is 8.59. The van der Waals surface area contributed by atoms with Crippen LogP contribution in [0.1, 0.15) is 26.2 Å². The molecule has 0 aliphatic carbocycles. The maximum absolute atomic E-state index is 6.34. The highest BCUT2D eigenvalue weighted by Gasteiger charge is 2.19. The van der Waals surface area contributed by atoms with Crippen LogP contribution in [-0.2, 0) is 0 Å². The number of aromatic nitrogens is 3. The molecule has 136 valence electrons. The van der Waals surface area contributed by atoms with Gasteiger partial charge in [-0.05, 0) is 37.3 Å². The third-order valence-electron chi connectivity index (χ3n) is 4.81. The second-order valence-electron chi connectivity index (χ2n) is 6.72. The Morgan fingerprint density at radius 3 is 2.88 bits per heavy atom. The third kappa shape index (κ3) is 3.53. The van der Waals surface area contributed by atoms with E-state index < -0.39 is 0 Å². The van der Waals surface area contributed by atoms with Crippen molar-refractivity contribution in [1.82, 2.24) is 14.4 Å².